The fourth-order valence-electron chi connectivity index (χ4n) is 3.18. The molecule has 2 N–H and O–H groups in total. The van der Waals surface area contributed by atoms with Crippen molar-refractivity contribution >= 4 is 65.9 Å². The summed E-state index contributed by atoms with van der Waals surface area (Å²) in [5.74, 6) is -0.323. The molecule has 0 aliphatic heterocycles. The molecule has 0 amide bonds. The number of sulfonamides is 1. The first kappa shape index (κ1) is 26.0. The van der Waals surface area contributed by atoms with Gasteiger partial charge in [0.2, 0.25) is 0 Å². The second kappa shape index (κ2) is 10.5. The van der Waals surface area contributed by atoms with Gasteiger partial charge in [0.05, 0.1) is 33.5 Å². The Balaban J connectivity index is 1.56. The summed E-state index contributed by atoms with van der Waals surface area (Å²) in [6.45, 7) is 1.59. The Bertz CT molecular complexity index is 1600. The van der Waals surface area contributed by atoms with Crippen molar-refractivity contribution in [2.45, 2.75) is 11.9 Å². The molecule has 2 aromatic carbocycles. The third-order valence-corrected chi connectivity index (χ3v) is 8.31. The average Bonchev–Trinajstić information content (AvgIpc) is 3.19. The van der Waals surface area contributed by atoms with E-state index in [2.05, 4.69) is 35.6 Å². The van der Waals surface area contributed by atoms with Crippen molar-refractivity contribution in [1.82, 2.24) is 9.97 Å². The topological polar surface area (TPSA) is 114 Å². The molecule has 4 aromatic rings. The minimum absolute atomic E-state index is 0.0614. The summed E-state index contributed by atoms with van der Waals surface area (Å²) in [5.41, 5.74) is 2.11. The van der Waals surface area contributed by atoms with Crippen LogP contribution < -0.4 is 9.46 Å². The standard InChI is InChI=1S/C23H17BrClFN4O4S2/c1-12-8-15(27-10-14-4-3-5-18(34-2)20(14)31)11-28-22(12)36(32,33)30-23-29-19(21(24)35-23)13-6-7-17(26)16(25)9-13/h3-11,31H,1-2H3,(H,29,30)/b27-10+. The van der Waals surface area contributed by atoms with Crippen LogP contribution in [0.5, 0.6) is 11.5 Å². The summed E-state index contributed by atoms with van der Waals surface area (Å²) in [7, 11) is -2.63. The van der Waals surface area contributed by atoms with Gasteiger partial charge in [-0.05, 0) is 64.8 Å². The van der Waals surface area contributed by atoms with Crippen molar-refractivity contribution in [2.75, 3.05) is 11.8 Å². The zero-order chi connectivity index (χ0) is 26.0. The summed E-state index contributed by atoms with van der Waals surface area (Å²) >= 11 is 10.3. The first-order chi connectivity index (χ1) is 17.1. The fraction of sp³-hybridized carbons (Fsp3) is 0.0870. The number of methoxy groups -OCH3 is 1. The lowest BCUT2D eigenvalue weighted by molar-refractivity contribution is 0.373. The van der Waals surface area contributed by atoms with Crippen LogP contribution in [0, 0.1) is 12.7 Å². The van der Waals surface area contributed by atoms with Gasteiger partial charge < -0.3 is 9.84 Å². The largest absolute Gasteiger partial charge is 0.504 e. The molecule has 13 heteroatoms. The quantitative estimate of drug-likeness (QED) is 0.236. The average molecular weight is 612 g/mol. The molecule has 36 heavy (non-hydrogen) atoms. The van der Waals surface area contributed by atoms with Gasteiger partial charge in [-0.2, -0.15) is 8.42 Å². The molecule has 4 rings (SSSR count). The lowest BCUT2D eigenvalue weighted by Gasteiger charge is -2.08. The molecule has 2 aromatic heterocycles. The summed E-state index contributed by atoms with van der Waals surface area (Å²) in [6.07, 6.45) is 2.73. The van der Waals surface area contributed by atoms with E-state index in [1.54, 1.807) is 31.2 Å². The first-order valence-electron chi connectivity index (χ1n) is 10.1. The van der Waals surface area contributed by atoms with Gasteiger partial charge in [0.1, 0.15) is 5.82 Å². The monoisotopic (exact) mass is 610 g/mol. The lowest BCUT2D eigenvalue weighted by Crippen LogP contribution is -2.15. The van der Waals surface area contributed by atoms with E-state index in [1.807, 2.05) is 0 Å². The van der Waals surface area contributed by atoms with Gasteiger partial charge in [-0.25, -0.2) is 14.4 Å². The van der Waals surface area contributed by atoms with Gasteiger partial charge >= 0.3 is 0 Å². The number of hydrogen-bond donors (Lipinski definition) is 2. The lowest BCUT2D eigenvalue weighted by atomic mass is 10.2. The Morgan fingerprint density at radius 2 is 2.06 bits per heavy atom. The molecule has 0 unspecified atom stereocenters. The molecule has 8 nitrogen and oxygen atoms in total. The van der Waals surface area contributed by atoms with E-state index in [0.29, 0.717) is 37.6 Å². The van der Waals surface area contributed by atoms with Gasteiger partial charge in [-0.1, -0.05) is 29.0 Å². The number of phenolic OH excluding ortho intramolecular Hbond substituents is 1. The van der Waals surface area contributed by atoms with Crippen molar-refractivity contribution in [3.05, 3.63) is 74.4 Å². The molecular formula is C23H17BrClFN4O4S2. The van der Waals surface area contributed by atoms with E-state index in [1.165, 1.54) is 37.7 Å². The molecule has 0 bridgehead atoms. The molecule has 0 spiro atoms. The third kappa shape index (κ3) is 5.51. The number of aryl methyl sites for hydroxylation is 1. The number of benzene rings is 2. The van der Waals surface area contributed by atoms with Crippen molar-refractivity contribution in [3.8, 4) is 22.8 Å². The van der Waals surface area contributed by atoms with E-state index >= 15 is 0 Å². The molecule has 186 valence electrons. The van der Waals surface area contributed by atoms with Crippen molar-refractivity contribution < 1.29 is 22.7 Å². The minimum atomic E-state index is -4.07. The summed E-state index contributed by atoms with van der Waals surface area (Å²) in [6, 6.07) is 10.6. The van der Waals surface area contributed by atoms with Crippen LogP contribution in [0.25, 0.3) is 11.3 Å². The SMILES string of the molecule is COc1cccc(/C=N/c2cnc(S(=O)(=O)Nc3nc(-c4ccc(F)c(Cl)c4)c(Br)s3)c(C)c2)c1O. The van der Waals surface area contributed by atoms with Crippen LogP contribution in [-0.4, -0.2) is 36.8 Å². The van der Waals surface area contributed by atoms with Gasteiger partial charge in [-0.15, -0.1) is 0 Å². The Labute approximate surface area is 223 Å². The number of nitrogens with one attached hydrogen (secondary N) is 1. The van der Waals surface area contributed by atoms with E-state index in [4.69, 9.17) is 16.3 Å². The second-order valence-electron chi connectivity index (χ2n) is 7.35. The highest BCUT2D eigenvalue weighted by molar-refractivity contribution is 9.11. The second-order valence-corrected chi connectivity index (χ2v) is 11.7. The van der Waals surface area contributed by atoms with Crippen LogP contribution in [0.1, 0.15) is 11.1 Å². The highest BCUT2D eigenvalue weighted by Crippen LogP contribution is 2.37. The van der Waals surface area contributed by atoms with Crippen LogP contribution in [0.2, 0.25) is 5.02 Å². The number of aliphatic imine (C=N–C) groups is 1. The van der Waals surface area contributed by atoms with Crippen molar-refractivity contribution in [3.63, 3.8) is 0 Å². The van der Waals surface area contributed by atoms with Crippen molar-refractivity contribution in [2.24, 2.45) is 4.99 Å². The van der Waals surface area contributed by atoms with Gasteiger partial charge in [0.25, 0.3) is 10.0 Å². The van der Waals surface area contributed by atoms with E-state index in [-0.39, 0.29) is 20.9 Å². The van der Waals surface area contributed by atoms with Gasteiger partial charge in [0.15, 0.2) is 21.7 Å². The Kier molecular flexibility index (Phi) is 7.59. The zero-order valence-corrected chi connectivity index (χ0v) is 22.6. The smallest absolute Gasteiger partial charge is 0.281 e. The molecular weight excluding hydrogens is 595 g/mol. The maximum atomic E-state index is 13.5. The number of pyridine rings is 1. The van der Waals surface area contributed by atoms with E-state index in [9.17, 15) is 17.9 Å². The molecule has 0 aliphatic carbocycles. The fourth-order valence-corrected chi connectivity index (χ4v) is 6.25. The Hall–Kier alpha value is -3.06. The number of nitrogens with zero attached hydrogens (tertiary/aromatic N) is 3. The summed E-state index contributed by atoms with van der Waals surface area (Å²) in [4.78, 5) is 12.7. The molecule has 0 radical (unpaired) electrons. The number of para-hydroxylation sites is 1. The molecule has 0 fully saturated rings. The zero-order valence-electron chi connectivity index (χ0n) is 18.7. The maximum absolute atomic E-state index is 13.5. The molecule has 0 saturated carbocycles. The Morgan fingerprint density at radius 3 is 2.75 bits per heavy atom. The number of halogens is 3. The van der Waals surface area contributed by atoms with Gasteiger partial charge in [-0.3, -0.25) is 9.71 Å². The Morgan fingerprint density at radius 1 is 1.28 bits per heavy atom. The molecule has 0 atom stereocenters. The number of thiazole rings is 1. The summed E-state index contributed by atoms with van der Waals surface area (Å²) in [5, 5.41) is 10.0. The van der Waals surface area contributed by atoms with Crippen LogP contribution in [0.3, 0.4) is 0 Å². The van der Waals surface area contributed by atoms with Crippen molar-refractivity contribution in [1.29, 1.82) is 0 Å². The molecule has 2 heterocycles. The third-order valence-electron chi connectivity index (χ3n) is 4.87. The van der Waals surface area contributed by atoms with Gasteiger partial charge in [0, 0.05) is 17.3 Å². The number of hydrogen-bond acceptors (Lipinski definition) is 8. The van der Waals surface area contributed by atoms with Crippen LogP contribution in [0.4, 0.5) is 15.2 Å². The van der Waals surface area contributed by atoms with Crippen LogP contribution >= 0.6 is 38.9 Å². The highest BCUT2D eigenvalue weighted by Gasteiger charge is 2.22. The molecule has 0 aliphatic rings. The minimum Gasteiger partial charge on any atom is -0.504 e. The number of aromatic nitrogens is 2. The maximum Gasteiger partial charge on any atom is 0.281 e. The number of ether oxygens (including phenoxy) is 1. The first-order valence-corrected chi connectivity index (χ1v) is 13.6. The predicted octanol–water partition coefficient (Wildman–Crippen LogP) is 6.33. The predicted molar refractivity (Wildman–Crippen MR) is 142 cm³/mol. The number of phenols is 1. The highest BCUT2D eigenvalue weighted by atomic mass is 79.9. The number of rotatable bonds is 7. The summed E-state index contributed by atoms with van der Waals surface area (Å²) < 4.78 is 47.5. The van der Waals surface area contributed by atoms with E-state index < -0.39 is 15.8 Å². The molecule has 0 saturated heterocycles. The normalized spacial score (nSPS) is 11.7. The number of anilines is 1. The van der Waals surface area contributed by atoms with Crippen LogP contribution in [0.15, 0.2) is 62.5 Å². The number of aromatic hydroxyl groups is 1. The van der Waals surface area contributed by atoms with Crippen LogP contribution in [-0.2, 0) is 10.0 Å². The van der Waals surface area contributed by atoms with E-state index in [0.717, 1.165) is 11.3 Å².